The summed E-state index contributed by atoms with van der Waals surface area (Å²) in [5.74, 6) is 5.83. The Morgan fingerprint density at radius 1 is 1.28 bits per heavy atom. The lowest BCUT2D eigenvalue weighted by Gasteiger charge is -2.36. The topological polar surface area (TPSA) is 58.4 Å². The number of unbranched alkanes of at least 4 members (excludes halogenated alkanes) is 2. The number of hydrogen-bond acceptors (Lipinski definition) is 3. The molecule has 0 heterocycles. The molecule has 4 nitrogen and oxygen atoms in total. The minimum absolute atomic E-state index is 0.0516. The van der Waals surface area contributed by atoms with Gasteiger partial charge in [0.1, 0.15) is 0 Å². The summed E-state index contributed by atoms with van der Waals surface area (Å²) in [4.78, 5) is 13.5. The van der Waals surface area contributed by atoms with Crippen molar-refractivity contribution < 1.29 is 4.79 Å². The fraction of sp³-hybridized carbons (Fsp3) is 0.929. The largest absolute Gasteiger partial charge is 0.303 e. The summed E-state index contributed by atoms with van der Waals surface area (Å²) in [5.41, 5.74) is 2.17. The van der Waals surface area contributed by atoms with Gasteiger partial charge >= 0.3 is 0 Å². The highest BCUT2D eigenvalue weighted by Crippen LogP contribution is 2.27. The van der Waals surface area contributed by atoms with Crippen LogP contribution in [0.15, 0.2) is 0 Å². The van der Waals surface area contributed by atoms with Gasteiger partial charge in [-0.15, -0.1) is 0 Å². The zero-order valence-electron chi connectivity index (χ0n) is 12.0. The van der Waals surface area contributed by atoms with Crippen LogP contribution in [0.5, 0.6) is 0 Å². The van der Waals surface area contributed by atoms with Crippen molar-refractivity contribution in [2.45, 2.75) is 64.3 Å². The number of carbonyl (C=O) groups is 1. The molecule has 0 spiro atoms. The van der Waals surface area contributed by atoms with Crippen LogP contribution in [-0.4, -0.2) is 30.4 Å². The molecule has 106 valence electrons. The third-order valence-electron chi connectivity index (χ3n) is 4.21. The molecule has 0 aromatic rings. The highest BCUT2D eigenvalue weighted by Gasteiger charge is 2.24. The standard InChI is InChI=1S/C14H29N3O/c1-12-8-5-6-9-13(12)17(2)11-7-3-4-10-14(18)16-15/h12-13H,3-11,15H2,1-2H3,(H,16,18). The van der Waals surface area contributed by atoms with Crippen LogP contribution in [-0.2, 0) is 4.79 Å². The van der Waals surface area contributed by atoms with Crippen LogP contribution in [0, 0.1) is 5.92 Å². The quantitative estimate of drug-likeness (QED) is 0.317. The molecule has 2 unspecified atom stereocenters. The van der Waals surface area contributed by atoms with E-state index < -0.39 is 0 Å². The van der Waals surface area contributed by atoms with E-state index in [0.29, 0.717) is 6.42 Å². The predicted octanol–water partition coefficient (Wildman–Crippen LogP) is 2.05. The van der Waals surface area contributed by atoms with E-state index in [1.807, 2.05) is 0 Å². The van der Waals surface area contributed by atoms with Crippen molar-refractivity contribution in [3.8, 4) is 0 Å². The van der Waals surface area contributed by atoms with Crippen LogP contribution in [0.25, 0.3) is 0 Å². The first kappa shape index (κ1) is 15.4. The second-order valence-electron chi connectivity index (χ2n) is 5.69. The maximum atomic E-state index is 11.0. The molecular weight excluding hydrogens is 226 g/mol. The van der Waals surface area contributed by atoms with Crippen molar-refractivity contribution in [1.29, 1.82) is 0 Å². The molecule has 2 atom stereocenters. The Labute approximate surface area is 111 Å². The minimum Gasteiger partial charge on any atom is -0.303 e. The van der Waals surface area contributed by atoms with Crippen LogP contribution < -0.4 is 11.3 Å². The second kappa shape index (κ2) is 8.48. The summed E-state index contributed by atoms with van der Waals surface area (Å²) in [7, 11) is 2.25. The van der Waals surface area contributed by atoms with Gasteiger partial charge in [0.25, 0.3) is 0 Å². The van der Waals surface area contributed by atoms with E-state index in [1.165, 1.54) is 32.1 Å². The van der Waals surface area contributed by atoms with Gasteiger partial charge in [-0.2, -0.15) is 0 Å². The van der Waals surface area contributed by atoms with E-state index in [0.717, 1.165) is 31.3 Å². The summed E-state index contributed by atoms with van der Waals surface area (Å²) in [6, 6.07) is 0.770. The molecule has 1 saturated carbocycles. The van der Waals surface area contributed by atoms with E-state index in [2.05, 4.69) is 24.3 Å². The smallest absolute Gasteiger partial charge is 0.233 e. The fourth-order valence-corrected chi connectivity index (χ4v) is 3.01. The molecule has 18 heavy (non-hydrogen) atoms. The predicted molar refractivity (Wildman–Crippen MR) is 74.8 cm³/mol. The summed E-state index contributed by atoms with van der Waals surface area (Å²) in [6.45, 7) is 3.53. The highest BCUT2D eigenvalue weighted by atomic mass is 16.2. The fourth-order valence-electron chi connectivity index (χ4n) is 3.01. The lowest BCUT2D eigenvalue weighted by Crippen LogP contribution is -2.39. The Bertz CT molecular complexity index is 245. The lowest BCUT2D eigenvalue weighted by molar-refractivity contribution is -0.121. The summed E-state index contributed by atoms with van der Waals surface area (Å²) < 4.78 is 0. The first-order valence-corrected chi connectivity index (χ1v) is 7.35. The van der Waals surface area contributed by atoms with Crippen molar-refractivity contribution in [2.24, 2.45) is 11.8 Å². The van der Waals surface area contributed by atoms with Crippen LogP contribution in [0.4, 0.5) is 0 Å². The Morgan fingerprint density at radius 3 is 2.67 bits per heavy atom. The zero-order valence-corrected chi connectivity index (χ0v) is 12.0. The molecule has 0 aromatic carbocycles. The van der Waals surface area contributed by atoms with Crippen molar-refractivity contribution >= 4 is 5.91 Å². The van der Waals surface area contributed by atoms with E-state index in [4.69, 9.17) is 5.84 Å². The average molecular weight is 255 g/mol. The SMILES string of the molecule is CC1CCCCC1N(C)CCCCCC(=O)NN. The number of rotatable bonds is 7. The van der Waals surface area contributed by atoms with Gasteiger partial charge in [-0.05, 0) is 45.2 Å². The zero-order chi connectivity index (χ0) is 13.4. The Hall–Kier alpha value is -0.610. The second-order valence-corrected chi connectivity index (χ2v) is 5.69. The first-order chi connectivity index (χ1) is 8.65. The Morgan fingerprint density at radius 2 is 2.00 bits per heavy atom. The molecule has 1 fully saturated rings. The van der Waals surface area contributed by atoms with Gasteiger partial charge in [-0.1, -0.05) is 26.2 Å². The van der Waals surface area contributed by atoms with Gasteiger partial charge in [0.15, 0.2) is 0 Å². The van der Waals surface area contributed by atoms with Crippen molar-refractivity contribution in [3.05, 3.63) is 0 Å². The van der Waals surface area contributed by atoms with E-state index in [9.17, 15) is 4.79 Å². The molecule has 1 aliphatic carbocycles. The van der Waals surface area contributed by atoms with Crippen LogP contribution in [0.2, 0.25) is 0 Å². The lowest BCUT2D eigenvalue weighted by atomic mass is 9.85. The number of amides is 1. The first-order valence-electron chi connectivity index (χ1n) is 7.35. The molecular formula is C14H29N3O. The number of nitrogens with zero attached hydrogens (tertiary/aromatic N) is 1. The summed E-state index contributed by atoms with van der Waals surface area (Å²) in [5, 5.41) is 0. The normalized spacial score (nSPS) is 24.2. The molecule has 0 saturated heterocycles. The molecule has 0 bridgehead atoms. The van der Waals surface area contributed by atoms with Gasteiger partial charge in [-0.3, -0.25) is 10.2 Å². The third kappa shape index (κ3) is 5.36. The van der Waals surface area contributed by atoms with Gasteiger partial charge in [0.05, 0.1) is 0 Å². The molecule has 1 aliphatic rings. The van der Waals surface area contributed by atoms with Crippen LogP contribution >= 0.6 is 0 Å². The molecule has 1 rings (SSSR count). The summed E-state index contributed by atoms with van der Waals surface area (Å²) in [6.07, 6.45) is 9.31. The number of hydrazine groups is 1. The Balaban J connectivity index is 2.09. The van der Waals surface area contributed by atoms with Crippen LogP contribution in [0.3, 0.4) is 0 Å². The minimum atomic E-state index is -0.0516. The molecule has 3 N–H and O–H groups in total. The maximum absolute atomic E-state index is 11.0. The van der Waals surface area contributed by atoms with Crippen molar-refractivity contribution in [1.82, 2.24) is 10.3 Å². The average Bonchev–Trinajstić information content (AvgIpc) is 2.38. The molecule has 0 aliphatic heterocycles. The molecule has 1 amide bonds. The maximum Gasteiger partial charge on any atom is 0.233 e. The monoisotopic (exact) mass is 255 g/mol. The van der Waals surface area contributed by atoms with Crippen molar-refractivity contribution in [3.63, 3.8) is 0 Å². The van der Waals surface area contributed by atoms with Gasteiger partial charge in [0.2, 0.25) is 5.91 Å². The van der Waals surface area contributed by atoms with E-state index in [-0.39, 0.29) is 5.91 Å². The van der Waals surface area contributed by atoms with Gasteiger partial charge in [0, 0.05) is 12.5 Å². The molecule has 0 aromatic heterocycles. The summed E-state index contributed by atoms with van der Waals surface area (Å²) >= 11 is 0. The van der Waals surface area contributed by atoms with E-state index >= 15 is 0 Å². The van der Waals surface area contributed by atoms with Crippen LogP contribution in [0.1, 0.15) is 58.3 Å². The number of nitrogens with one attached hydrogen (secondary N) is 1. The van der Waals surface area contributed by atoms with Crippen molar-refractivity contribution in [2.75, 3.05) is 13.6 Å². The number of hydrogen-bond donors (Lipinski definition) is 2. The highest BCUT2D eigenvalue weighted by molar-refractivity contribution is 5.74. The van der Waals surface area contributed by atoms with Gasteiger partial charge in [-0.25, -0.2) is 5.84 Å². The van der Waals surface area contributed by atoms with E-state index in [1.54, 1.807) is 0 Å². The molecule has 4 heteroatoms. The van der Waals surface area contributed by atoms with Gasteiger partial charge < -0.3 is 4.90 Å². The number of nitrogens with two attached hydrogens (primary N) is 1. The molecule has 0 radical (unpaired) electrons. The Kier molecular flexibility index (Phi) is 7.28. The number of carbonyl (C=O) groups excluding carboxylic acids is 1. The third-order valence-corrected chi connectivity index (χ3v) is 4.21.